The van der Waals surface area contributed by atoms with E-state index >= 15 is 0 Å². The number of pyridine rings is 1. The average Bonchev–Trinajstić information content (AvgIpc) is 3.50. The largest absolute Gasteiger partial charge is 0.468 e. The molecule has 5 aromatic rings. The Kier molecular flexibility index (Phi) is 4.82. The highest BCUT2D eigenvalue weighted by molar-refractivity contribution is 7.90. The van der Waals surface area contributed by atoms with E-state index in [9.17, 15) is 13.2 Å². The van der Waals surface area contributed by atoms with Crippen molar-refractivity contribution in [3.05, 3.63) is 66.6 Å². The van der Waals surface area contributed by atoms with Crippen molar-refractivity contribution in [1.29, 1.82) is 0 Å². The van der Waals surface area contributed by atoms with Gasteiger partial charge < -0.3 is 9.30 Å². The van der Waals surface area contributed by atoms with Gasteiger partial charge in [-0.05, 0) is 37.3 Å². The standard InChI is InChI=1S/C23H21N5O4S/c1-15-6-8-17(9-7-15)33(30,31)28-20(19-5-4-10-27(19)14-21(29)32-3)11-18-22-16(12-24-23(18)28)13-25-26(22)2/h4-13H,14H2,1-3H3. The number of nitrogens with zero attached hydrogens (tertiary/aromatic N) is 5. The molecule has 0 aliphatic rings. The second-order valence-corrected chi connectivity index (χ2v) is 9.56. The van der Waals surface area contributed by atoms with Crippen molar-refractivity contribution in [3.63, 3.8) is 0 Å². The summed E-state index contributed by atoms with van der Waals surface area (Å²) in [6.07, 6.45) is 5.01. The number of aryl methyl sites for hydroxylation is 2. The van der Waals surface area contributed by atoms with Crippen LogP contribution >= 0.6 is 0 Å². The lowest BCUT2D eigenvalue weighted by atomic mass is 10.2. The molecule has 0 aliphatic carbocycles. The lowest BCUT2D eigenvalue weighted by Crippen LogP contribution is -2.17. The summed E-state index contributed by atoms with van der Waals surface area (Å²) in [7, 11) is -0.904. The first-order chi connectivity index (χ1) is 15.8. The molecule has 168 valence electrons. The van der Waals surface area contributed by atoms with E-state index in [2.05, 4.69) is 10.1 Å². The van der Waals surface area contributed by atoms with Crippen LogP contribution in [0, 0.1) is 6.92 Å². The van der Waals surface area contributed by atoms with Gasteiger partial charge in [-0.1, -0.05) is 17.7 Å². The average molecular weight is 464 g/mol. The first-order valence-corrected chi connectivity index (χ1v) is 11.6. The number of esters is 1. The fourth-order valence-electron chi connectivity index (χ4n) is 4.01. The van der Waals surface area contributed by atoms with Gasteiger partial charge in [0.15, 0.2) is 5.65 Å². The Morgan fingerprint density at radius 1 is 1.09 bits per heavy atom. The van der Waals surface area contributed by atoms with Crippen molar-refractivity contribution in [3.8, 4) is 11.4 Å². The summed E-state index contributed by atoms with van der Waals surface area (Å²) < 4.78 is 37.2. The van der Waals surface area contributed by atoms with Gasteiger partial charge in [0, 0.05) is 30.2 Å². The third kappa shape index (κ3) is 3.30. The molecule has 4 aromatic heterocycles. The molecule has 0 radical (unpaired) electrons. The van der Waals surface area contributed by atoms with Crippen LogP contribution in [0.4, 0.5) is 0 Å². The Morgan fingerprint density at radius 3 is 2.58 bits per heavy atom. The molecule has 0 N–H and O–H groups in total. The maximum absolute atomic E-state index is 13.9. The van der Waals surface area contributed by atoms with Gasteiger partial charge in [0.1, 0.15) is 6.54 Å². The first-order valence-electron chi connectivity index (χ1n) is 10.2. The van der Waals surface area contributed by atoms with E-state index in [-0.39, 0.29) is 17.1 Å². The third-order valence-corrected chi connectivity index (χ3v) is 7.38. The molecule has 0 amide bonds. The monoisotopic (exact) mass is 463 g/mol. The highest BCUT2D eigenvalue weighted by Crippen LogP contribution is 2.35. The predicted octanol–water partition coefficient (Wildman–Crippen LogP) is 3.11. The van der Waals surface area contributed by atoms with Gasteiger partial charge >= 0.3 is 5.97 Å². The van der Waals surface area contributed by atoms with Crippen LogP contribution in [-0.2, 0) is 33.1 Å². The summed E-state index contributed by atoms with van der Waals surface area (Å²) in [6.45, 7) is 1.84. The molecule has 0 spiro atoms. The van der Waals surface area contributed by atoms with Gasteiger partial charge in [0.25, 0.3) is 10.0 Å². The summed E-state index contributed by atoms with van der Waals surface area (Å²) in [5, 5.41) is 5.74. The highest BCUT2D eigenvalue weighted by Gasteiger charge is 2.27. The molecule has 0 atom stereocenters. The highest BCUT2D eigenvalue weighted by atomic mass is 32.2. The van der Waals surface area contributed by atoms with E-state index in [4.69, 9.17) is 4.74 Å². The fraction of sp³-hybridized carbons (Fsp3) is 0.174. The Bertz CT molecular complexity index is 1620. The van der Waals surface area contributed by atoms with Crippen LogP contribution in [0.3, 0.4) is 0 Å². The van der Waals surface area contributed by atoms with Crippen molar-refractivity contribution in [2.45, 2.75) is 18.4 Å². The molecule has 5 rings (SSSR count). The molecule has 0 fully saturated rings. The molecule has 4 heterocycles. The smallest absolute Gasteiger partial charge is 0.325 e. The van der Waals surface area contributed by atoms with E-state index < -0.39 is 16.0 Å². The van der Waals surface area contributed by atoms with E-state index in [1.165, 1.54) is 11.1 Å². The van der Waals surface area contributed by atoms with Crippen LogP contribution in [0.5, 0.6) is 0 Å². The van der Waals surface area contributed by atoms with E-state index in [1.54, 1.807) is 77.4 Å². The van der Waals surface area contributed by atoms with Gasteiger partial charge in [-0.3, -0.25) is 9.48 Å². The number of carbonyl (C=O) groups excluding carboxylic acids is 1. The maximum atomic E-state index is 13.9. The zero-order valence-corrected chi connectivity index (χ0v) is 19.1. The minimum absolute atomic E-state index is 0.0561. The fourth-order valence-corrected chi connectivity index (χ4v) is 5.48. The Balaban J connectivity index is 1.85. The van der Waals surface area contributed by atoms with Gasteiger partial charge in [0.2, 0.25) is 0 Å². The minimum Gasteiger partial charge on any atom is -0.468 e. The van der Waals surface area contributed by atoms with E-state index in [0.717, 1.165) is 16.5 Å². The number of benzene rings is 1. The van der Waals surface area contributed by atoms with Crippen molar-refractivity contribution >= 4 is 37.9 Å². The number of fused-ring (bicyclic) bond motifs is 3. The minimum atomic E-state index is -4.02. The lowest BCUT2D eigenvalue weighted by molar-refractivity contribution is -0.141. The van der Waals surface area contributed by atoms with Crippen LogP contribution in [0.15, 0.2) is 66.0 Å². The summed E-state index contributed by atoms with van der Waals surface area (Å²) in [5.74, 6) is -0.441. The number of carbonyl (C=O) groups is 1. The number of hydrogen-bond donors (Lipinski definition) is 0. The van der Waals surface area contributed by atoms with Crippen LogP contribution < -0.4 is 0 Å². The Hall–Kier alpha value is -3.92. The summed E-state index contributed by atoms with van der Waals surface area (Å²) in [4.78, 5) is 16.6. The molecule has 0 unspecified atom stereocenters. The number of methoxy groups -OCH3 is 1. The normalized spacial score (nSPS) is 12.0. The molecule has 0 saturated carbocycles. The third-order valence-electron chi connectivity index (χ3n) is 5.66. The Morgan fingerprint density at radius 2 is 1.85 bits per heavy atom. The Labute approximate surface area is 189 Å². The molecule has 0 aliphatic heterocycles. The molecule has 0 saturated heterocycles. The van der Waals surface area contributed by atoms with Crippen LogP contribution in [0.25, 0.3) is 33.3 Å². The zero-order valence-electron chi connectivity index (χ0n) is 18.3. The first kappa shape index (κ1) is 21.0. The second-order valence-electron chi connectivity index (χ2n) is 7.78. The van der Waals surface area contributed by atoms with Crippen LogP contribution in [0.2, 0.25) is 0 Å². The van der Waals surface area contributed by atoms with Crippen LogP contribution in [-0.4, -0.2) is 44.8 Å². The molecular formula is C23H21N5O4S. The molecule has 9 nitrogen and oxygen atoms in total. The number of hydrogen-bond acceptors (Lipinski definition) is 6. The summed E-state index contributed by atoms with van der Waals surface area (Å²) in [6, 6.07) is 12.0. The number of ether oxygens (including phenoxy) is 1. The SMILES string of the molecule is COC(=O)Cn1cccc1-c1cc2c3c(cnc2n1S(=O)(=O)c1ccc(C)cc1)cnn3C. The molecule has 33 heavy (non-hydrogen) atoms. The number of rotatable bonds is 5. The predicted molar refractivity (Wildman–Crippen MR) is 123 cm³/mol. The lowest BCUT2D eigenvalue weighted by Gasteiger charge is -2.13. The molecular weight excluding hydrogens is 442 g/mol. The molecule has 0 bridgehead atoms. The quantitative estimate of drug-likeness (QED) is 0.371. The topological polar surface area (TPSA) is 101 Å². The van der Waals surface area contributed by atoms with Crippen molar-refractivity contribution < 1.29 is 17.9 Å². The summed E-state index contributed by atoms with van der Waals surface area (Å²) >= 11 is 0. The van der Waals surface area contributed by atoms with Crippen molar-refractivity contribution in [2.24, 2.45) is 7.05 Å². The van der Waals surface area contributed by atoms with E-state index in [0.29, 0.717) is 16.8 Å². The molecule has 1 aromatic carbocycles. The summed E-state index contributed by atoms with van der Waals surface area (Å²) in [5.41, 5.74) is 2.94. The second kappa shape index (κ2) is 7.59. The zero-order chi connectivity index (χ0) is 23.3. The molecule has 10 heteroatoms. The van der Waals surface area contributed by atoms with Crippen molar-refractivity contribution in [1.82, 2.24) is 23.3 Å². The van der Waals surface area contributed by atoms with Gasteiger partial charge in [-0.15, -0.1) is 0 Å². The van der Waals surface area contributed by atoms with E-state index in [1.807, 2.05) is 6.92 Å². The van der Waals surface area contributed by atoms with Gasteiger partial charge in [-0.2, -0.15) is 5.10 Å². The van der Waals surface area contributed by atoms with Crippen molar-refractivity contribution in [2.75, 3.05) is 7.11 Å². The van der Waals surface area contributed by atoms with Gasteiger partial charge in [-0.25, -0.2) is 17.4 Å². The van der Waals surface area contributed by atoms with Gasteiger partial charge in [0.05, 0.1) is 35.1 Å². The van der Waals surface area contributed by atoms with Crippen LogP contribution in [0.1, 0.15) is 5.56 Å². The maximum Gasteiger partial charge on any atom is 0.325 e. The number of aromatic nitrogens is 5.